The van der Waals surface area contributed by atoms with Crippen molar-refractivity contribution in [3.8, 4) is 0 Å². The Morgan fingerprint density at radius 2 is 0.750 bits per heavy atom. The predicted octanol–water partition coefficient (Wildman–Crippen LogP) is -0.529. The molecule has 7 rings (SSSR count). The molecule has 10 atom stereocenters. The minimum absolute atomic E-state index is 0.602. The van der Waals surface area contributed by atoms with E-state index < -0.39 is 80.6 Å². The second-order valence-corrected chi connectivity index (χ2v) is 34.0. The van der Waals surface area contributed by atoms with E-state index in [0.29, 0.717) is 0 Å². The van der Waals surface area contributed by atoms with Crippen LogP contribution in [0.15, 0.2) is 0 Å². The van der Waals surface area contributed by atoms with Crippen molar-refractivity contribution >= 4 is 69.9 Å². The van der Waals surface area contributed by atoms with E-state index in [-0.39, 0.29) is 0 Å². The van der Waals surface area contributed by atoms with Gasteiger partial charge in [-0.1, -0.05) is 0 Å². The van der Waals surface area contributed by atoms with E-state index in [2.05, 4.69) is 0 Å². The van der Waals surface area contributed by atoms with Crippen LogP contribution < -0.4 is 0 Å². The second-order valence-electron chi connectivity index (χ2n) is 8.70. The SMILES string of the molecule is C[Si]12OC3[Si]4(C)O[Si]56O[Si]7(C)OC5[Si@@](C)(O[Si](C)(O1)O6)O[Si]3(O2)O[Si@](C)(O7)O4. The van der Waals surface area contributed by atoms with Crippen LogP contribution in [0.4, 0.5) is 0 Å². The van der Waals surface area contributed by atoms with Crippen LogP contribution in [-0.4, -0.2) is 80.6 Å². The molecule has 0 aromatic carbocycles. The molecule has 0 amide bonds. The molecular formula is C8H20O12Si8. The van der Waals surface area contributed by atoms with Gasteiger partial charge >= 0.3 is 69.9 Å². The van der Waals surface area contributed by atoms with Crippen LogP contribution in [-0.2, 0) is 50.0 Å². The Kier molecular flexibility index (Phi) is 3.11. The third-order valence-electron chi connectivity index (χ3n) is 5.78. The van der Waals surface area contributed by atoms with Gasteiger partial charge in [0.15, 0.2) is 10.7 Å². The van der Waals surface area contributed by atoms with Crippen molar-refractivity contribution in [2.75, 3.05) is 0 Å². The molecule has 7 heterocycles. The summed E-state index contributed by atoms with van der Waals surface area (Å²) in [6.45, 7) is 11.1. The first-order chi connectivity index (χ1) is 12.7. The van der Waals surface area contributed by atoms with Gasteiger partial charge < -0.3 is 50.0 Å². The minimum Gasteiger partial charge on any atom is -0.393 e. The van der Waals surface area contributed by atoms with Crippen molar-refractivity contribution in [3.63, 3.8) is 0 Å². The lowest BCUT2D eigenvalue weighted by Crippen LogP contribution is -2.89. The summed E-state index contributed by atoms with van der Waals surface area (Å²) in [5, 5.41) is -1.20. The summed E-state index contributed by atoms with van der Waals surface area (Å²) in [4.78, 5) is 0. The van der Waals surface area contributed by atoms with Crippen LogP contribution in [0.25, 0.3) is 0 Å². The maximum absolute atomic E-state index is 6.82. The summed E-state index contributed by atoms with van der Waals surface area (Å²) < 4.78 is 78.5. The summed E-state index contributed by atoms with van der Waals surface area (Å²) in [5.41, 5.74) is 0. The molecule has 0 aliphatic carbocycles. The van der Waals surface area contributed by atoms with E-state index >= 15 is 0 Å². The van der Waals surface area contributed by atoms with Gasteiger partial charge in [-0.2, -0.15) is 0 Å². The largest absolute Gasteiger partial charge is 0.508 e. The fraction of sp³-hybridized carbons (Fsp3) is 1.00. The molecule has 12 nitrogen and oxygen atoms in total. The molecule has 0 N–H and O–H groups in total. The van der Waals surface area contributed by atoms with Crippen LogP contribution >= 0.6 is 0 Å². The molecule has 28 heavy (non-hydrogen) atoms. The lowest BCUT2D eigenvalue weighted by molar-refractivity contribution is 0.0563. The summed E-state index contributed by atoms with van der Waals surface area (Å²) in [7, 11) is -26.2. The van der Waals surface area contributed by atoms with Crippen LogP contribution in [0.5, 0.6) is 0 Å². The van der Waals surface area contributed by atoms with Gasteiger partial charge in [-0.15, -0.1) is 0 Å². The van der Waals surface area contributed by atoms with Crippen molar-refractivity contribution in [1.82, 2.24) is 0 Å². The molecule has 7 aliphatic heterocycles. The molecule has 0 aromatic rings. The average molecular weight is 533 g/mol. The highest BCUT2D eigenvalue weighted by Crippen LogP contribution is 2.58. The Morgan fingerprint density at radius 3 is 1.14 bits per heavy atom. The third kappa shape index (κ3) is 2.07. The lowest BCUT2D eigenvalue weighted by atomic mass is 11.6. The normalized spacial score (nSPS) is 73.5. The van der Waals surface area contributed by atoms with Crippen molar-refractivity contribution in [1.29, 1.82) is 0 Å². The topological polar surface area (TPSA) is 111 Å². The Labute approximate surface area is 169 Å². The second kappa shape index (κ2) is 4.64. The van der Waals surface area contributed by atoms with Gasteiger partial charge in [0.1, 0.15) is 0 Å². The highest BCUT2D eigenvalue weighted by Gasteiger charge is 2.92. The molecule has 2 spiro atoms. The van der Waals surface area contributed by atoms with Crippen LogP contribution in [0.1, 0.15) is 0 Å². The summed E-state index contributed by atoms with van der Waals surface area (Å²) in [6, 6.07) is 0. The number of fused-ring (bicyclic) bond motifs is 4. The van der Waals surface area contributed by atoms with Crippen LogP contribution in [0.3, 0.4) is 0 Å². The van der Waals surface area contributed by atoms with Crippen molar-refractivity contribution in [3.05, 3.63) is 0 Å². The van der Waals surface area contributed by atoms with E-state index in [4.69, 9.17) is 50.0 Å². The molecule has 0 aromatic heterocycles. The van der Waals surface area contributed by atoms with E-state index in [9.17, 15) is 0 Å². The van der Waals surface area contributed by atoms with Crippen LogP contribution in [0, 0.1) is 0 Å². The van der Waals surface area contributed by atoms with Crippen LogP contribution in [0.2, 0.25) is 39.3 Å². The van der Waals surface area contributed by atoms with Gasteiger partial charge in [0.05, 0.1) is 0 Å². The Bertz CT molecular complexity index is 775. The first kappa shape index (κ1) is 18.8. The predicted molar refractivity (Wildman–Crippen MR) is 102 cm³/mol. The van der Waals surface area contributed by atoms with E-state index in [1.807, 2.05) is 39.3 Å². The van der Waals surface area contributed by atoms with Crippen molar-refractivity contribution < 1.29 is 50.0 Å². The van der Waals surface area contributed by atoms with E-state index in [1.54, 1.807) is 0 Å². The number of hydrogen-bond donors (Lipinski definition) is 0. The van der Waals surface area contributed by atoms with Crippen molar-refractivity contribution in [2.24, 2.45) is 0 Å². The quantitative estimate of drug-likeness (QED) is 0.374. The third-order valence-corrected chi connectivity index (χ3v) is 45.1. The van der Waals surface area contributed by atoms with Gasteiger partial charge in [-0.05, 0) is 13.1 Å². The Hall–Kier alpha value is 1.26. The molecule has 7 fully saturated rings. The monoisotopic (exact) mass is 532 g/mol. The van der Waals surface area contributed by atoms with Gasteiger partial charge in [0, 0.05) is 26.2 Å². The van der Waals surface area contributed by atoms with Gasteiger partial charge in [-0.3, -0.25) is 0 Å². The van der Waals surface area contributed by atoms with Gasteiger partial charge in [0.2, 0.25) is 0 Å². The first-order valence-corrected chi connectivity index (χ1v) is 26.4. The minimum atomic E-state index is -3.46. The molecule has 7 aliphatic rings. The lowest BCUT2D eigenvalue weighted by Gasteiger charge is -2.59. The maximum atomic E-state index is 6.82. The fourth-order valence-corrected chi connectivity index (χ4v) is 59.9. The number of rotatable bonds is 0. The molecule has 0 saturated carbocycles. The average Bonchev–Trinajstić information content (AvgIpc) is 2.87. The van der Waals surface area contributed by atoms with Gasteiger partial charge in [0.25, 0.3) is 0 Å². The van der Waals surface area contributed by atoms with Crippen molar-refractivity contribution in [2.45, 2.75) is 50.0 Å². The summed E-state index contributed by atoms with van der Waals surface area (Å²) in [5.74, 6) is 0. The zero-order valence-electron chi connectivity index (χ0n) is 16.1. The summed E-state index contributed by atoms with van der Waals surface area (Å²) in [6.07, 6.45) is 0. The molecule has 156 valence electrons. The Morgan fingerprint density at radius 1 is 0.393 bits per heavy atom. The highest BCUT2D eigenvalue weighted by molar-refractivity contribution is 7.12. The van der Waals surface area contributed by atoms with E-state index in [0.717, 1.165) is 0 Å². The first-order valence-electron chi connectivity index (χ1n) is 9.12. The Balaban J connectivity index is 1.58. The smallest absolute Gasteiger partial charge is 0.393 e. The maximum Gasteiger partial charge on any atom is 0.508 e. The van der Waals surface area contributed by atoms with Gasteiger partial charge in [-0.25, -0.2) is 0 Å². The standard InChI is InChI=1S/C8H20O12Si8/c1-21-7-9-23(3)16-26(6)12-22(2)8-10-24(4,18-28(8,13-21)20-26)15-25(5,11-21)19-27(7,14-22)17-23/h7-8H,1-6H3/t7?,8?,21-,22?,23?,24?,25?,26-,27?,28?/m0/s1. The molecule has 0 radical (unpaired) electrons. The molecule has 20 heteroatoms. The molecule has 8 unspecified atom stereocenters. The van der Waals surface area contributed by atoms with E-state index in [1.165, 1.54) is 0 Å². The fourth-order valence-electron chi connectivity index (χ4n) is 5.40. The highest BCUT2D eigenvalue weighted by atomic mass is 28.6. The molecular weight excluding hydrogens is 513 g/mol. The number of hydrogen-bond acceptors (Lipinski definition) is 12. The zero-order valence-corrected chi connectivity index (χ0v) is 24.1. The zero-order chi connectivity index (χ0) is 19.6. The molecule has 7 saturated heterocycles. The summed E-state index contributed by atoms with van der Waals surface area (Å²) >= 11 is 0. The molecule has 8 bridgehead atoms.